The second-order valence-electron chi connectivity index (χ2n) is 9.28. The van der Waals surface area contributed by atoms with Crippen LogP contribution in [0.5, 0.6) is 0 Å². The summed E-state index contributed by atoms with van der Waals surface area (Å²) in [5, 5.41) is 1.91. The minimum Gasteiger partial charge on any atom is -0.206 e. The van der Waals surface area contributed by atoms with E-state index in [0.29, 0.717) is 11.1 Å². The van der Waals surface area contributed by atoms with Crippen molar-refractivity contribution in [3.63, 3.8) is 0 Å². The number of benzene rings is 5. The van der Waals surface area contributed by atoms with Crippen LogP contribution >= 0.6 is 0 Å². The van der Waals surface area contributed by atoms with Gasteiger partial charge in [0.25, 0.3) is 0 Å². The van der Waals surface area contributed by atoms with Crippen LogP contribution in [0.4, 0.5) is 26.3 Å². The Bertz CT molecular complexity index is 1670. The van der Waals surface area contributed by atoms with Crippen LogP contribution in [-0.2, 0) is 12.6 Å². The van der Waals surface area contributed by atoms with E-state index in [1.54, 1.807) is 6.07 Å². The zero-order valence-corrected chi connectivity index (χ0v) is 20.6. The van der Waals surface area contributed by atoms with Gasteiger partial charge in [0, 0.05) is 5.56 Å². The van der Waals surface area contributed by atoms with Crippen molar-refractivity contribution in [3.05, 3.63) is 132 Å². The smallest absolute Gasteiger partial charge is 0.206 e. The van der Waals surface area contributed by atoms with E-state index in [9.17, 15) is 13.2 Å². The van der Waals surface area contributed by atoms with Crippen molar-refractivity contribution in [2.75, 3.05) is 0 Å². The first-order valence-electron chi connectivity index (χ1n) is 12.3. The van der Waals surface area contributed by atoms with Gasteiger partial charge in [0.15, 0.2) is 0 Å². The van der Waals surface area contributed by atoms with Crippen LogP contribution in [0.3, 0.4) is 0 Å². The molecule has 5 rings (SSSR count). The van der Waals surface area contributed by atoms with Crippen LogP contribution in [0, 0.1) is 17.5 Å². The predicted molar refractivity (Wildman–Crippen MR) is 144 cm³/mol. The SMILES string of the molecule is C=CCCc1ccc2cc(-c3cc(F)c(-c4ccc(-c5ccccc5C(F)(F)F)c(F)c4)c(F)c3)ccc2c1. The summed E-state index contributed by atoms with van der Waals surface area (Å²) >= 11 is 0. The molecule has 0 radical (unpaired) electrons. The standard InChI is InChI=1S/C33H22F6/c1-2-3-6-20-9-10-22-16-23(12-11-21(22)15-20)25-18-30(35)32(31(36)19-25)24-13-14-27(29(34)17-24)26-7-4-5-8-28(26)33(37,38)39/h2,4-5,7-19H,1,3,6H2. The quantitative estimate of drug-likeness (QED) is 0.151. The average Bonchev–Trinajstić information content (AvgIpc) is 2.90. The summed E-state index contributed by atoms with van der Waals surface area (Å²) < 4.78 is 85.7. The summed E-state index contributed by atoms with van der Waals surface area (Å²) in [6.45, 7) is 3.74. The molecule has 0 atom stereocenters. The third-order valence-electron chi connectivity index (χ3n) is 6.70. The first-order chi connectivity index (χ1) is 18.7. The highest BCUT2D eigenvalue weighted by Crippen LogP contribution is 2.39. The fraction of sp³-hybridized carbons (Fsp3) is 0.0909. The number of alkyl halides is 3. The zero-order valence-electron chi connectivity index (χ0n) is 20.6. The molecule has 0 nitrogen and oxygen atoms in total. The summed E-state index contributed by atoms with van der Waals surface area (Å²) in [7, 11) is 0. The second-order valence-corrected chi connectivity index (χ2v) is 9.28. The van der Waals surface area contributed by atoms with Gasteiger partial charge in [-0.1, -0.05) is 66.7 Å². The number of rotatable bonds is 6. The number of fused-ring (bicyclic) bond motifs is 1. The lowest BCUT2D eigenvalue weighted by Crippen LogP contribution is -2.07. The van der Waals surface area contributed by atoms with Crippen molar-refractivity contribution >= 4 is 10.8 Å². The molecule has 0 saturated heterocycles. The predicted octanol–water partition coefficient (Wildman–Crippen LogP) is 10.4. The zero-order chi connectivity index (χ0) is 27.7. The second kappa shape index (κ2) is 10.4. The molecule has 0 aliphatic carbocycles. The van der Waals surface area contributed by atoms with Gasteiger partial charge in [0.2, 0.25) is 0 Å². The van der Waals surface area contributed by atoms with E-state index in [0.717, 1.165) is 53.4 Å². The maximum Gasteiger partial charge on any atom is 0.417 e. The van der Waals surface area contributed by atoms with Gasteiger partial charge in [-0.15, -0.1) is 6.58 Å². The van der Waals surface area contributed by atoms with Crippen molar-refractivity contribution in [1.82, 2.24) is 0 Å². The van der Waals surface area contributed by atoms with Gasteiger partial charge >= 0.3 is 6.18 Å². The molecule has 6 heteroatoms. The lowest BCUT2D eigenvalue weighted by atomic mass is 9.94. The molecular weight excluding hydrogens is 510 g/mol. The number of allylic oxidation sites excluding steroid dienone is 1. The van der Waals surface area contributed by atoms with Crippen LogP contribution < -0.4 is 0 Å². The molecule has 0 amide bonds. The molecule has 0 aliphatic heterocycles. The maximum atomic E-state index is 15.2. The lowest BCUT2D eigenvalue weighted by Gasteiger charge is -2.15. The Morgan fingerprint density at radius 2 is 1.26 bits per heavy atom. The Kier molecular flexibility index (Phi) is 7.04. The van der Waals surface area contributed by atoms with Gasteiger partial charge in [0.05, 0.1) is 11.1 Å². The molecule has 0 spiro atoms. The topological polar surface area (TPSA) is 0 Å². The summed E-state index contributed by atoms with van der Waals surface area (Å²) in [6.07, 6.45) is -1.10. The summed E-state index contributed by atoms with van der Waals surface area (Å²) in [4.78, 5) is 0. The molecule has 39 heavy (non-hydrogen) atoms. The fourth-order valence-corrected chi connectivity index (χ4v) is 4.77. The van der Waals surface area contributed by atoms with Gasteiger partial charge < -0.3 is 0 Å². The van der Waals surface area contributed by atoms with E-state index >= 15 is 13.2 Å². The van der Waals surface area contributed by atoms with Crippen LogP contribution in [0.2, 0.25) is 0 Å². The van der Waals surface area contributed by atoms with Crippen LogP contribution in [0.15, 0.2) is 104 Å². The molecule has 0 unspecified atom stereocenters. The first kappa shape index (κ1) is 26.3. The van der Waals surface area contributed by atoms with E-state index in [1.807, 2.05) is 30.3 Å². The monoisotopic (exact) mass is 532 g/mol. The molecule has 196 valence electrons. The Hall–Kier alpha value is -4.32. The van der Waals surface area contributed by atoms with Gasteiger partial charge in [-0.3, -0.25) is 0 Å². The first-order valence-corrected chi connectivity index (χ1v) is 12.3. The summed E-state index contributed by atoms with van der Waals surface area (Å²) in [5.74, 6) is -2.84. The molecule has 0 saturated carbocycles. The van der Waals surface area contributed by atoms with Gasteiger partial charge in [0.1, 0.15) is 17.5 Å². The van der Waals surface area contributed by atoms with E-state index < -0.39 is 34.8 Å². The number of aryl methyl sites for hydroxylation is 1. The molecule has 5 aromatic rings. The normalized spacial score (nSPS) is 11.6. The van der Waals surface area contributed by atoms with E-state index in [4.69, 9.17) is 0 Å². The van der Waals surface area contributed by atoms with Crippen molar-refractivity contribution in [2.45, 2.75) is 19.0 Å². The number of hydrogen-bond donors (Lipinski definition) is 0. The molecule has 0 bridgehead atoms. The van der Waals surface area contributed by atoms with Crippen molar-refractivity contribution in [2.24, 2.45) is 0 Å². The Labute approximate surface area is 221 Å². The molecular formula is C33H22F6. The van der Waals surface area contributed by atoms with Crippen LogP contribution in [0.1, 0.15) is 17.5 Å². The third-order valence-corrected chi connectivity index (χ3v) is 6.70. The third kappa shape index (κ3) is 5.32. The highest BCUT2D eigenvalue weighted by atomic mass is 19.4. The molecule has 0 heterocycles. The average molecular weight is 533 g/mol. The highest BCUT2D eigenvalue weighted by molar-refractivity contribution is 5.88. The fourth-order valence-electron chi connectivity index (χ4n) is 4.77. The lowest BCUT2D eigenvalue weighted by molar-refractivity contribution is -0.137. The van der Waals surface area contributed by atoms with E-state index in [2.05, 4.69) is 12.6 Å². The van der Waals surface area contributed by atoms with Gasteiger partial charge in [-0.25, -0.2) is 13.2 Å². The summed E-state index contributed by atoms with van der Waals surface area (Å²) in [5.41, 5.74) is -0.159. The Morgan fingerprint density at radius 3 is 1.95 bits per heavy atom. The minimum atomic E-state index is -4.69. The van der Waals surface area contributed by atoms with Crippen molar-refractivity contribution in [1.29, 1.82) is 0 Å². The van der Waals surface area contributed by atoms with Crippen LogP contribution in [0.25, 0.3) is 44.2 Å². The van der Waals surface area contributed by atoms with Crippen molar-refractivity contribution in [3.8, 4) is 33.4 Å². The highest BCUT2D eigenvalue weighted by Gasteiger charge is 2.34. The van der Waals surface area contributed by atoms with Gasteiger partial charge in [-0.2, -0.15) is 13.2 Å². The molecule has 0 fully saturated rings. The Morgan fingerprint density at radius 1 is 0.615 bits per heavy atom. The minimum absolute atomic E-state index is 0.118. The van der Waals surface area contributed by atoms with Gasteiger partial charge in [-0.05, 0) is 81.8 Å². The van der Waals surface area contributed by atoms with Crippen LogP contribution in [-0.4, -0.2) is 0 Å². The maximum absolute atomic E-state index is 15.2. The molecule has 0 aromatic heterocycles. The summed E-state index contributed by atoms with van der Waals surface area (Å²) in [6, 6.07) is 21.6. The van der Waals surface area contributed by atoms with Crippen molar-refractivity contribution < 1.29 is 26.3 Å². The Balaban J connectivity index is 1.49. The number of halogens is 6. The molecule has 0 N–H and O–H groups in total. The van der Waals surface area contributed by atoms with E-state index in [1.165, 1.54) is 30.3 Å². The number of hydrogen-bond acceptors (Lipinski definition) is 0. The van der Waals surface area contributed by atoms with E-state index in [-0.39, 0.29) is 16.7 Å². The largest absolute Gasteiger partial charge is 0.417 e. The molecule has 0 aliphatic rings. The molecule has 5 aromatic carbocycles.